The van der Waals surface area contributed by atoms with Gasteiger partial charge in [-0.05, 0) is 18.8 Å². The van der Waals surface area contributed by atoms with Crippen LogP contribution in [0.5, 0.6) is 0 Å². The largest absolute Gasteiger partial charge is 0.381 e. The van der Waals surface area contributed by atoms with Crippen molar-refractivity contribution >= 4 is 5.96 Å². The van der Waals surface area contributed by atoms with Crippen molar-refractivity contribution in [2.45, 2.75) is 46.6 Å². The standard InChI is InChI=1S/C17H32N6O/c1-4-16-22-21-13-23(16)9-8-19-17(18-7-5-14(2)3)20-11-15-6-10-24-12-15/h13-15H,4-12H2,1-3H3,(H2,18,19,20). The van der Waals surface area contributed by atoms with Crippen LogP contribution in [0.4, 0.5) is 0 Å². The number of aryl methyl sites for hydroxylation is 1. The third-order valence-corrected chi connectivity index (χ3v) is 4.20. The van der Waals surface area contributed by atoms with Crippen LogP contribution in [-0.4, -0.2) is 53.6 Å². The van der Waals surface area contributed by atoms with Crippen LogP contribution < -0.4 is 10.6 Å². The Labute approximate surface area is 145 Å². The number of aliphatic imine (C=N–C) groups is 1. The van der Waals surface area contributed by atoms with E-state index in [0.29, 0.717) is 11.8 Å². The summed E-state index contributed by atoms with van der Waals surface area (Å²) in [6.45, 7) is 11.7. The van der Waals surface area contributed by atoms with Gasteiger partial charge in [0.2, 0.25) is 0 Å². The van der Waals surface area contributed by atoms with E-state index in [9.17, 15) is 0 Å². The zero-order valence-corrected chi connectivity index (χ0v) is 15.3. The highest BCUT2D eigenvalue weighted by Crippen LogP contribution is 2.12. The van der Waals surface area contributed by atoms with Crippen molar-refractivity contribution in [2.75, 3.05) is 32.8 Å². The monoisotopic (exact) mass is 336 g/mol. The van der Waals surface area contributed by atoms with Crippen molar-refractivity contribution in [2.24, 2.45) is 16.8 Å². The second-order valence-electron chi connectivity index (χ2n) is 6.75. The number of nitrogens with zero attached hydrogens (tertiary/aromatic N) is 4. The van der Waals surface area contributed by atoms with Gasteiger partial charge < -0.3 is 19.9 Å². The molecule has 1 aromatic heterocycles. The number of nitrogens with one attached hydrogen (secondary N) is 2. The maximum absolute atomic E-state index is 5.43. The van der Waals surface area contributed by atoms with E-state index in [1.807, 2.05) is 0 Å². The molecule has 1 fully saturated rings. The molecule has 7 heteroatoms. The maximum Gasteiger partial charge on any atom is 0.191 e. The topological polar surface area (TPSA) is 76.4 Å². The Balaban J connectivity index is 1.80. The van der Waals surface area contributed by atoms with Crippen molar-refractivity contribution in [3.05, 3.63) is 12.2 Å². The molecule has 2 heterocycles. The first kappa shape index (κ1) is 18.7. The predicted octanol–water partition coefficient (Wildman–Crippen LogP) is 1.46. The minimum absolute atomic E-state index is 0.554. The average Bonchev–Trinajstić information content (AvgIpc) is 3.23. The van der Waals surface area contributed by atoms with Gasteiger partial charge in [-0.25, -0.2) is 0 Å². The number of guanidine groups is 1. The highest BCUT2D eigenvalue weighted by atomic mass is 16.5. The van der Waals surface area contributed by atoms with E-state index in [-0.39, 0.29) is 0 Å². The first-order chi connectivity index (χ1) is 11.7. The molecule has 0 amide bonds. The summed E-state index contributed by atoms with van der Waals surface area (Å²) in [7, 11) is 0. The number of aromatic nitrogens is 3. The number of rotatable bonds is 9. The van der Waals surface area contributed by atoms with Gasteiger partial charge in [-0.15, -0.1) is 10.2 Å². The van der Waals surface area contributed by atoms with Gasteiger partial charge in [0.15, 0.2) is 5.96 Å². The van der Waals surface area contributed by atoms with Crippen LogP contribution in [0.2, 0.25) is 0 Å². The van der Waals surface area contributed by atoms with Gasteiger partial charge in [-0.1, -0.05) is 20.8 Å². The Morgan fingerprint density at radius 3 is 2.96 bits per heavy atom. The molecule has 7 nitrogen and oxygen atoms in total. The summed E-state index contributed by atoms with van der Waals surface area (Å²) in [6, 6.07) is 0. The van der Waals surface area contributed by atoms with Gasteiger partial charge in [-0.2, -0.15) is 0 Å². The van der Waals surface area contributed by atoms with Crippen molar-refractivity contribution in [3.8, 4) is 0 Å². The summed E-state index contributed by atoms with van der Waals surface area (Å²) < 4.78 is 7.52. The molecular formula is C17H32N6O. The third kappa shape index (κ3) is 6.47. The maximum atomic E-state index is 5.43. The van der Waals surface area contributed by atoms with Crippen LogP contribution >= 0.6 is 0 Å². The second-order valence-corrected chi connectivity index (χ2v) is 6.75. The molecule has 2 rings (SSSR count). The van der Waals surface area contributed by atoms with Gasteiger partial charge in [-0.3, -0.25) is 4.99 Å². The molecule has 2 N–H and O–H groups in total. The summed E-state index contributed by atoms with van der Waals surface area (Å²) in [5, 5.41) is 15.0. The van der Waals surface area contributed by atoms with Crippen molar-refractivity contribution < 1.29 is 4.74 Å². The number of ether oxygens (including phenoxy) is 1. The molecule has 0 aromatic carbocycles. The molecule has 1 aromatic rings. The number of hydrogen-bond donors (Lipinski definition) is 2. The van der Waals surface area contributed by atoms with Gasteiger partial charge in [0, 0.05) is 45.1 Å². The van der Waals surface area contributed by atoms with Crippen molar-refractivity contribution in [1.82, 2.24) is 25.4 Å². The molecule has 1 aliphatic heterocycles. The first-order valence-electron chi connectivity index (χ1n) is 9.15. The molecule has 24 heavy (non-hydrogen) atoms. The first-order valence-corrected chi connectivity index (χ1v) is 9.15. The van der Waals surface area contributed by atoms with E-state index in [1.165, 1.54) is 0 Å². The molecular weight excluding hydrogens is 304 g/mol. The zero-order chi connectivity index (χ0) is 17.2. The Morgan fingerprint density at radius 2 is 2.25 bits per heavy atom. The second kappa shape index (κ2) is 10.3. The van der Waals surface area contributed by atoms with Crippen LogP contribution in [-0.2, 0) is 17.7 Å². The van der Waals surface area contributed by atoms with Crippen LogP contribution in [0.1, 0.15) is 39.4 Å². The SMILES string of the molecule is CCc1nncn1CCNC(=NCC1CCOC1)NCCC(C)C. The summed E-state index contributed by atoms with van der Waals surface area (Å²) in [5.74, 6) is 3.16. The van der Waals surface area contributed by atoms with Gasteiger partial charge in [0.25, 0.3) is 0 Å². The third-order valence-electron chi connectivity index (χ3n) is 4.20. The normalized spacial score (nSPS) is 18.3. The van der Waals surface area contributed by atoms with E-state index in [0.717, 1.165) is 70.4 Å². The van der Waals surface area contributed by atoms with E-state index in [4.69, 9.17) is 9.73 Å². The lowest BCUT2D eigenvalue weighted by molar-refractivity contribution is 0.187. The summed E-state index contributed by atoms with van der Waals surface area (Å²) in [5.41, 5.74) is 0. The fourth-order valence-corrected chi connectivity index (χ4v) is 2.64. The molecule has 0 saturated carbocycles. The fraction of sp³-hybridized carbons (Fsp3) is 0.824. The summed E-state index contributed by atoms with van der Waals surface area (Å²) in [4.78, 5) is 4.74. The predicted molar refractivity (Wildman–Crippen MR) is 96.1 cm³/mol. The summed E-state index contributed by atoms with van der Waals surface area (Å²) in [6.07, 6.45) is 4.94. The molecule has 1 saturated heterocycles. The molecule has 1 unspecified atom stereocenters. The van der Waals surface area contributed by atoms with E-state index < -0.39 is 0 Å². The lowest BCUT2D eigenvalue weighted by atomic mass is 10.1. The van der Waals surface area contributed by atoms with Gasteiger partial charge in [0.1, 0.15) is 12.2 Å². The Bertz CT molecular complexity index is 493. The molecule has 0 spiro atoms. The highest BCUT2D eigenvalue weighted by Gasteiger charge is 2.15. The van der Waals surface area contributed by atoms with Crippen LogP contribution in [0, 0.1) is 11.8 Å². The van der Waals surface area contributed by atoms with Crippen LogP contribution in [0.15, 0.2) is 11.3 Å². The molecule has 0 radical (unpaired) electrons. The lowest BCUT2D eigenvalue weighted by Crippen LogP contribution is -2.40. The Morgan fingerprint density at radius 1 is 1.42 bits per heavy atom. The average molecular weight is 336 g/mol. The van der Waals surface area contributed by atoms with Crippen molar-refractivity contribution in [3.63, 3.8) is 0 Å². The minimum atomic E-state index is 0.554. The smallest absolute Gasteiger partial charge is 0.191 e. The Kier molecular flexibility index (Phi) is 8.01. The van der Waals surface area contributed by atoms with E-state index in [2.05, 4.69) is 46.2 Å². The number of hydrogen-bond acceptors (Lipinski definition) is 4. The molecule has 136 valence electrons. The quantitative estimate of drug-likeness (QED) is 0.527. The molecule has 0 aliphatic carbocycles. The van der Waals surface area contributed by atoms with Crippen molar-refractivity contribution in [1.29, 1.82) is 0 Å². The fourth-order valence-electron chi connectivity index (χ4n) is 2.64. The van der Waals surface area contributed by atoms with E-state index >= 15 is 0 Å². The Hall–Kier alpha value is -1.63. The van der Waals surface area contributed by atoms with E-state index in [1.54, 1.807) is 6.33 Å². The molecule has 0 bridgehead atoms. The molecule has 1 aliphatic rings. The molecule has 1 atom stereocenters. The van der Waals surface area contributed by atoms with Crippen LogP contribution in [0.25, 0.3) is 0 Å². The van der Waals surface area contributed by atoms with Gasteiger partial charge >= 0.3 is 0 Å². The lowest BCUT2D eigenvalue weighted by Gasteiger charge is -2.15. The minimum Gasteiger partial charge on any atom is -0.381 e. The van der Waals surface area contributed by atoms with Crippen LogP contribution in [0.3, 0.4) is 0 Å². The highest BCUT2D eigenvalue weighted by molar-refractivity contribution is 5.79. The summed E-state index contributed by atoms with van der Waals surface area (Å²) >= 11 is 0. The van der Waals surface area contributed by atoms with Gasteiger partial charge in [0.05, 0.1) is 6.61 Å². The zero-order valence-electron chi connectivity index (χ0n) is 15.3.